The molecule has 0 bridgehead atoms. The average molecular weight is 240 g/mol. The van der Waals surface area contributed by atoms with E-state index in [1.165, 1.54) is 6.33 Å². The first-order valence-corrected chi connectivity index (χ1v) is 5.94. The van der Waals surface area contributed by atoms with E-state index in [9.17, 15) is 0 Å². The summed E-state index contributed by atoms with van der Waals surface area (Å²) in [7, 11) is 0. The van der Waals surface area contributed by atoms with Crippen LogP contribution in [-0.4, -0.2) is 19.9 Å². The molecule has 82 valence electrons. The lowest BCUT2D eigenvalue weighted by Crippen LogP contribution is -1.92. The molecule has 0 spiro atoms. The Morgan fingerprint density at radius 2 is 2.00 bits per heavy atom. The zero-order valence-electron chi connectivity index (χ0n) is 8.82. The Morgan fingerprint density at radius 1 is 1.00 bits per heavy atom. The summed E-state index contributed by atoms with van der Waals surface area (Å²) in [5.74, 6) is 0. The van der Waals surface area contributed by atoms with Crippen molar-refractivity contribution >= 4 is 11.3 Å². The smallest absolute Gasteiger partial charge is 0.127 e. The van der Waals surface area contributed by atoms with Gasteiger partial charge in [-0.2, -0.15) is 0 Å². The molecule has 0 aromatic carbocycles. The van der Waals surface area contributed by atoms with Gasteiger partial charge in [0.05, 0.1) is 11.3 Å². The molecule has 0 atom stereocenters. The Balaban J connectivity index is 2.18. The third-order valence-electron chi connectivity index (χ3n) is 2.28. The molecule has 0 radical (unpaired) electrons. The Labute approximate surface area is 102 Å². The quantitative estimate of drug-likeness (QED) is 0.691. The molecular weight excluding hydrogens is 232 g/mol. The molecular formula is C12H8N4S. The summed E-state index contributed by atoms with van der Waals surface area (Å²) in [4.78, 5) is 16.9. The van der Waals surface area contributed by atoms with Crippen LogP contribution in [0.4, 0.5) is 0 Å². The lowest BCUT2D eigenvalue weighted by molar-refractivity contribution is 1.15. The van der Waals surface area contributed by atoms with Crippen LogP contribution in [0, 0.1) is 0 Å². The van der Waals surface area contributed by atoms with E-state index in [2.05, 4.69) is 19.9 Å². The molecule has 0 aliphatic rings. The van der Waals surface area contributed by atoms with Crippen molar-refractivity contribution in [2.24, 2.45) is 0 Å². The van der Waals surface area contributed by atoms with E-state index >= 15 is 0 Å². The second kappa shape index (κ2) is 4.39. The lowest BCUT2D eigenvalue weighted by atomic mass is 10.2. The van der Waals surface area contributed by atoms with Gasteiger partial charge in [-0.25, -0.2) is 15.0 Å². The highest BCUT2D eigenvalue weighted by atomic mass is 32.1. The summed E-state index contributed by atoms with van der Waals surface area (Å²) >= 11 is 1.57. The molecule has 0 saturated carbocycles. The van der Waals surface area contributed by atoms with Gasteiger partial charge in [0.1, 0.15) is 17.0 Å². The van der Waals surface area contributed by atoms with Crippen LogP contribution in [0.1, 0.15) is 0 Å². The SMILES string of the molecule is c1ccc(-c2ncncc2-c2nccs2)nc1. The van der Waals surface area contributed by atoms with E-state index < -0.39 is 0 Å². The maximum Gasteiger partial charge on any atom is 0.127 e. The van der Waals surface area contributed by atoms with E-state index in [1.807, 2.05) is 23.6 Å². The number of rotatable bonds is 2. The Kier molecular flexibility index (Phi) is 2.59. The summed E-state index contributed by atoms with van der Waals surface area (Å²) in [5.41, 5.74) is 2.57. The summed E-state index contributed by atoms with van der Waals surface area (Å²) in [6.07, 6.45) is 6.83. The van der Waals surface area contributed by atoms with Crippen molar-refractivity contribution < 1.29 is 0 Å². The molecule has 3 aromatic heterocycles. The van der Waals surface area contributed by atoms with Crippen molar-refractivity contribution in [2.75, 3.05) is 0 Å². The Bertz CT molecular complexity index is 607. The summed E-state index contributed by atoms with van der Waals surface area (Å²) in [6, 6.07) is 5.75. The van der Waals surface area contributed by atoms with Gasteiger partial charge in [0, 0.05) is 24.0 Å². The average Bonchev–Trinajstić information content (AvgIpc) is 2.94. The van der Waals surface area contributed by atoms with Crippen molar-refractivity contribution in [1.29, 1.82) is 0 Å². The first-order valence-electron chi connectivity index (χ1n) is 5.06. The zero-order chi connectivity index (χ0) is 11.5. The minimum absolute atomic E-state index is 0.815. The number of thiazole rings is 1. The Hall–Kier alpha value is -2.14. The molecule has 5 heteroatoms. The molecule has 0 fully saturated rings. The van der Waals surface area contributed by atoms with Crippen LogP contribution >= 0.6 is 11.3 Å². The van der Waals surface area contributed by atoms with Crippen molar-refractivity contribution in [3.8, 4) is 22.0 Å². The van der Waals surface area contributed by atoms with Crippen molar-refractivity contribution in [3.63, 3.8) is 0 Å². The molecule has 17 heavy (non-hydrogen) atoms. The van der Waals surface area contributed by atoms with E-state index in [1.54, 1.807) is 29.9 Å². The fourth-order valence-electron chi connectivity index (χ4n) is 1.55. The molecule has 0 N–H and O–H groups in total. The van der Waals surface area contributed by atoms with Gasteiger partial charge < -0.3 is 0 Å². The zero-order valence-corrected chi connectivity index (χ0v) is 9.63. The molecule has 3 rings (SSSR count). The maximum atomic E-state index is 4.31. The van der Waals surface area contributed by atoms with Crippen LogP contribution in [0.25, 0.3) is 22.0 Å². The van der Waals surface area contributed by atoms with Gasteiger partial charge in [-0.3, -0.25) is 4.98 Å². The molecule has 0 aliphatic carbocycles. The number of hydrogen-bond acceptors (Lipinski definition) is 5. The highest BCUT2D eigenvalue weighted by Crippen LogP contribution is 2.29. The highest BCUT2D eigenvalue weighted by Gasteiger charge is 2.11. The van der Waals surface area contributed by atoms with Gasteiger partial charge in [0.25, 0.3) is 0 Å². The van der Waals surface area contributed by atoms with E-state index in [4.69, 9.17) is 0 Å². The fraction of sp³-hybridized carbons (Fsp3) is 0. The van der Waals surface area contributed by atoms with Crippen LogP contribution in [0.2, 0.25) is 0 Å². The predicted octanol–water partition coefficient (Wildman–Crippen LogP) is 2.66. The molecule has 3 heterocycles. The first-order chi connectivity index (χ1) is 8.45. The minimum atomic E-state index is 0.815. The first kappa shape index (κ1) is 10.0. The number of pyridine rings is 1. The number of nitrogens with zero attached hydrogens (tertiary/aromatic N) is 4. The van der Waals surface area contributed by atoms with Gasteiger partial charge in [0.15, 0.2) is 0 Å². The van der Waals surface area contributed by atoms with Gasteiger partial charge in [0.2, 0.25) is 0 Å². The van der Waals surface area contributed by atoms with Crippen LogP contribution in [0.15, 0.2) is 48.5 Å². The number of hydrogen-bond donors (Lipinski definition) is 0. The molecule has 0 saturated heterocycles. The second-order valence-corrected chi connectivity index (χ2v) is 4.23. The van der Waals surface area contributed by atoms with Gasteiger partial charge in [-0.15, -0.1) is 11.3 Å². The third kappa shape index (κ3) is 1.92. The topological polar surface area (TPSA) is 51.6 Å². The van der Waals surface area contributed by atoms with Crippen molar-refractivity contribution in [3.05, 3.63) is 48.5 Å². The highest BCUT2D eigenvalue weighted by molar-refractivity contribution is 7.13. The van der Waals surface area contributed by atoms with Crippen LogP contribution in [-0.2, 0) is 0 Å². The lowest BCUT2D eigenvalue weighted by Gasteiger charge is -2.03. The van der Waals surface area contributed by atoms with Crippen molar-refractivity contribution in [1.82, 2.24) is 19.9 Å². The Morgan fingerprint density at radius 3 is 2.76 bits per heavy atom. The third-order valence-corrected chi connectivity index (χ3v) is 3.09. The largest absolute Gasteiger partial charge is 0.255 e. The monoisotopic (exact) mass is 240 g/mol. The summed E-state index contributed by atoms with van der Waals surface area (Å²) in [5, 5.41) is 2.84. The second-order valence-electron chi connectivity index (χ2n) is 3.34. The molecule has 0 aliphatic heterocycles. The van der Waals surface area contributed by atoms with E-state index in [0.29, 0.717) is 0 Å². The number of aromatic nitrogens is 4. The predicted molar refractivity (Wildman–Crippen MR) is 66.4 cm³/mol. The molecule has 0 unspecified atom stereocenters. The normalized spacial score (nSPS) is 10.4. The van der Waals surface area contributed by atoms with Crippen LogP contribution < -0.4 is 0 Å². The maximum absolute atomic E-state index is 4.31. The summed E-state index contributed by atoms with van der Waals surface area (Å²) < 4.78 is 0. The minimum Gasteiger partial charge on any atom is -0.255 e. The van der Waals surface area contributed by atoms with Crippen LogP contribution in [0.3, 0.4) is 0 Å². The van der Waals surface area contributed by atoms with Gasteiger partial charge >= 0.3 is 0 Å². The molecule has 3 aromatic rings. The van der Waals surface area contributed by atoms with Crippen LogP contribution in [0.5, 0.6) is 0 Å². The molecule has 0 amide bonds. The fourth-order valence-corrected chi connectivity index (χ4v) is 2.20. The molecule has 4 nitrogen and oxygen atoms in total. The standard InChI is InChI=1S/C12H8N4S/c1-2-4-14-10(3-1)11-9(7-13-8-16-11)12-15-5-6-17-12/h1-8H. The summed E-state index contributed by atoms with van der Waals surface area (Å²) in [6.45, 7) is 0. The van der Waals surface area contributed by atoms with E-state index in [-0.39, 0.29) is 0 Å². The van der Waals surface area contributed by atoms with E-state index in [0.717, 1.165) is 22.0 Å². The van der Waals surface area contributed by atoms with Gasteiger partial charge in [-0.1, -0.05) is 6.07 Å². The van der Waals surface area contributed by atoms with Gasteiger partial charge in [-0.05, 0) is 12.1 Å². The van der Waals surface area contributed by atoms with Crippen molar-refractivity contribution in [2.45, 2.75) is 0 Å².